The highest BCUT2D eigenvalue weighted by atomic mass is 16.5. The molecule has 0 aliphatic rings. The quantitative estimate of drug-likeness (QED) is 0.0266. The van der Waals surface area contributed by atoms with Crippen LogP contribution in [-0.4, -0.2) is 107 Å². The molecule has 0 atom stereocenters. The SMILES string of the molecule is COc1cc(/C=C/C(=O)NCCc2ccc(O)cc2)cc(C)c1O.COc1cc(/C=C/C(=O)NCCc2ccc(O)cc2)cc(OC)c1O.O=C(/C=C/c1ccc(O)cc1)NCCc1ccc(O)cc1.O=C(/C=C/c1ccccc1)NCCc1ccc(O)cc1. The molecule has 0 fully saturated rings. The number of carbonyl (C=O) groups is 4. The number of nitrogens with one attached hydrogen (secondary N) is 4. The van der Waals surface area contributed by atoms with E-state index in [4.69, 9.17) is 24.4 Å². The van der Waals surface area contributed by atoms with Crippen LogP contribution in [0.4, 0.5) is 0 Å². The summed E-state index contributed by atoms with van der Waals surface area (Å²) in [5.41, 5.74) is 8.16. The van der Waals surface area contributed by atoms with Crippen LogP contribution in [-0.2, 0) is 44.9 Å². The van der Waals surface area contributed by atoms with Crippen LogP contribution in [0.1, 0.15) is 50.1 Å². The second-order valence-corrected chi connectivity index (χ2v) is 19.8. The molecular weight excluding hydrogens is 1140 g/mol. The van der Waals surface area contributed by atoms with Gasteiger partial charge in [-0.1, -0.05) is 91.0 Å². The van der Waals surface area contributed by atoms with Crippen LogP contribution in [0.5, 0.6) is 57.5 Å². The van der Waals surface area contributed by atoms with Crippen molar-refractivity contribution < 1.29 is 69.1 Å². The Morgan fingerprint density at radius 2 is 0.589 bits per heavy atom. The fourth-order valence-corrected chi connectivity index (χ4v) is 8.08. The van der Waals surface area contributed by atoms with Crippen molar-refractivity contribution in [2.75, 3.05) is 47.5 Å². The molecule has 4 amide bonds. The molecule has 11 N–H and O–H groups in total. The van der Waals surface area contributed by atoms with Gasteiger partial charge in [0.2, 0.25) is 29.4 Å². The van der Waals surface area contributed by atoms with E-state index < -0.39 is 0 Å². The first kappa shape index (κ1) is 69.4. The maximum atomic E-state index is 11.9. The Bertz CT molecular complexity index is 3620. The minimum Gasteiger partial charge on any atom is -0.508 e. The highest BCUT2D eigenvalue weighted by molar-refractivity contribution is 5.93. The van der Waals surface area contributed by atoms with Crippen molar-refractivity contribution in [2.24, 2.45) is 0 Å². The van der Waals surface area contributed by atoms with Gasteiger partial charge in [0.25, 0.3) is 0 Å². The van der Waals surface area contributed by atoms with Gasteiger partial charge in [-0.05, 0) is 192 Å². The molecule has 0 radical (unpaired) electrons. The highest BCUT2D eigenvalue weighted by Crippen LogP contribution is 2.37. The normalized spacial score (nSPS) is 10.7. The summed E-state index contributed by atoms with van der Waals surface area (Å²) in [6.45, 7) is 3.86. The topological polar surface area (TPSA) is 286 Å². The molecule has 0 aliphatic carbocycles. The van der Waals surface area contributed by atoms with E-state index in [0.29, 0.717) is 62.3 Å². The van der Waals surface area contributed by atoms with Crippen molar-refractivity contribution in [1.29, 1.82) is 0 Å². The van der Waals surface area contributed by atoms with E-state index in [1.165, 1.54) is 45.6 Å². The van der Waals surface area contributed by atoms with E-state index >= 15 is 0 Å². The molecule has 8 aromatic rings. The van der Waals surface area contributed by atoms with Crippen LogP contribution in [0.3, 0.4) is 0 Å². The zero-order valence-electron chi connectivity index (χ0n) is 50.5. The number of carbonyl (C=O) groups excluding carboxylic acids is 4. The Morgan fingerprint density at radius 1 is 0.333 bits per heavy atom. The average Bonchev–Trinajstić information content (AvgIpc) is 1.51. The summed E-state index contributed by atoms with van der Waals surface area (Å²) in [4.78, 5) is 47.0. The Morgan fingerprint density at radius 3 is 0.889 bits per heavy atom. The van der Waals surface area contributed by atoms with E-state index in [9.17, 15) is 44.7 Å². The third-order valence-electron chi connectivity index (χ3n) is 13.0. The minimum absolute atomic E-state index is 0.0829. The molecule has 18 nitrogen and oxygen atoms in total. The maximum absolute atomic E-state index is 11.9. The molecule has 0 unspecified atom stereocenters. The second-order valence-electron chi connectivity index (χ2n) is 19.8. The van der Waals surface area contributed by atoms with Crippen LogP contribution in [0.25, 0.3) is 24.3 Å². The van der Waals surface area contributed by atoms with Crippen molar-refractivity contribution in [2.45, 2.75) is 32.6 Å². The molecule has 0 aromatic heterocycles. The van der Waals surface area contributed by atoms with Crippen molar-refractivity contribution in [1.82, 2.24) is 21.3 Å². The summed E-state index contributed by atoms with van der Waals surface area (Å²) in [5.74, 6) is 1.38. The summed E-state index contributed by atoms with van der Waals surface area (Å²) in [5, 5.41) is 76.8. The Labute approximate surface area is 524 Å². The Hall–Kier alpha value is -11.4. The molecule has 8 rings (SSSR count). The fourth-order valence-electron chi connectivity index (χ4n) is 8.08. The molecule has 0 saturated heterocycles. The molecule has 8 aromatic carbocycles. The maximum Gasteiger partial charge on any atom is 0.244 e. The van der Waals surface area contributed by atoms with Crippen molar-refractivity contribution in [3.8, 4) is 57.5 Å². The molecular formula is C72H76N4O14. The molecule has 0 bridgehead atoms. The summed E-state index contributed by atoms with van der Waals surface area (Å²) in [6, 6.07) is 50.6. The van der Waals surface area contributed by atoms with Gasteiger partial charge in [0.15, 0.2) is 23.0 Å². The molecule has 0 aliphatic heterocycles. The summed E-state index contributed by atoms with van der Waals surface area (Å²) < 4.78 is 15.2. The zero-order chi connectivity index (χ0) is 65.0. The zero-order valence-corrected chi connectivity index (χ0v) is 50.5. The number of benzene rings is 8. The lowest BCUT2D eigenvalue weighted by molar-refractivity contribution is -0.117. The summed E-state index contributed by atoms with van der Waals surface area (Å²) in [7, 11) is 4.37. The van der Waals surface area contributed by atoms with Gasteiger partial charge in [-0.15, -0.1) is 0 Å². The van der Waals surface area contributed by atoms with Gasteiger partial charge < -0.3 is 71.2 Å². The van der Waals surface area contributed by atoms with Crippen molar-refractivity contribution in [3.05, 3.63) is 250 Å². The second kappa shape index (κ2) is 37.9. The third-order valence-corrected chi connectivity index (χ3v) is 13.0. The van der Waals surface area contributed by atoms with Gasteiger partial charge in [0.1, 0.15) is 28.7 Å². The molecule has 18 heteroatoms. The van der Waals surface area contributed by atoms with E-state index in [1.54, 1.807) is 128 Å². The van der Waals surface area contributed by atoms with Crippen LogP contribution < -0.4 is 35.5 Å². The monoisotopic (exact) mass is 1220 g/mol. The molecule has 90 heavy (non-hydrogen) atoms. The van der Waals surface area contributed by atoms with Crippen LogP contribution >= 0.6 is 0 Å². The highest BCUT2D eigenvalue weighted by Gasteiger charge is 2.11. The van der Waals surface area contributed by atoms with Gasteiger partial charge in [0, 0.05) is 50.5 Å². The first-order valence-corrected chi connectivity index (χ1v) is 28.5. The number of aryl methyl sites for hydroxylation is 1. The van der Waals surface area contributed by atoms with Gasteiger partial charge in [0.05, 0.1) is 21.3 Å². The number of aromatic hydroxyl groups is 7. The van der Waals surface area contributed by atoms with E-state index in [-0.39, 0.29) is 75.4 Å². The number of rotatable bonds is 23. The first-order valence-electron chi connectivity index (χ1n) is 28.5. The lowest BCUT2D eigenvalue weighted by Gasteiger charge is -2.09. The Balaban J connectivity index is 0.000000219. The third kappa shape index (κ3) is 26.5. The van der Waals surface area contributed by atoms with Crippen molar-refractivity contribution in [3.63, 3.8) is 0 Å². The number of ether oxygens (including phenoxy) is 3. The summed E-state index contributed by atoms with van der Waals surface area (Å²) in [6.07, 6.45) is 15.4. The average molecular weight is 1220 g/mol. The predicted octanol–water partition coefficient (Wildman–Crippen LogP) is 10.5. The Kier molecular flexibility index (Phi) is 29.2. The van der Waals surface area contributed by atoms with Crippen LogP contribution in [0.15, 0.2) is 200 Å². The number of phenols is 7. The lowest BCUT2D eigenvalue weighted by atomic mass is 10.1. The number of methoxy groups -OCH3 is 3. The van der Waals surface area contributed by atoms with Gasteiger partial charge in [-0.25, -0.2) is 0 Å². The number of phenolic OH excluding ortho intramolecular Hbond substituents is 7. The smallest absolute Gasteiger partial charge is 0.244 e. The molecule has 0 heterocycles. The first-order chi connectivity index (χ1) is 43.4. The lowest BCUT2D eigenvalue weighted by Crippen LogP contribution is -2.23. The standard InChI is InChI=1S/C19H21NO5.C19H21NO4.C17H17NO3.C17H17NO2/c1-24-16-11-14(12-17(25-2)19(16)23)5-8-18(22)20-10-9-13-3-6-15(21)7-4-13;1-13-11-15(12-17(24-2)19(13)23)5-8-18(22)20-10-9-14-3-6-16(21)7-4-14;19-15-6-1-13(2-7-15)5-10-17(21)18-12-11-14-3-8-16(20)9-4-14;19-16-9-6-15(7-10-16)12-13-18-17(20)11-8-14-4-2-1-3-5-14/h3-8,11-12,21,23H,9-10H2,1-2H3,(H,20,22);3-8,11-12,21,23H,9-10H2,1-2H3,(H,20,22);1-10,19-20H,11-12H2,(H,18,21);1-11,19H,12-13H2,(H,18,20)/b2*8-5+;10-5+;11-8+. The van der Waals surface area contributed by atoms with E-state index in [1.807, 2.05) is 78.9 Å². The fraction of sp³-hybridized carbons (Fsp3) is 0.167. The van der Waals surface area contributed by atoms with Gasteiger partial charge >= 0.3 is 0 Å². The number of hydrogen-bond acceptors (Lipinski definition) is 14. The van der Waals surface area contributed by atoms with E-state index in [2.05, 4.69) is 21.3 Å². The minimum atomic E-state index is -0.232. The van der Waals surface area contributed by atoms with E-state index in [0.717, 1.165) is 45.4 Å². The molecule has 468 valence electrons. The van der Waals surface area contributed by atoms with Crippen LogP contribution in [0, 0.1) is 6.92 Å². The predicted molar refractivity (Wildman–Crippen MR) is 351 cm³/mol. The molecule has 0 saturated carbocycles. The number of hydrogen-bond donors (Lipinski definition) is 11. The number of amides is 4. The molecule has 0 spiro atoms. The summed E-state index contributed by atoms with van der Waals surface area (Å²) >= 11 is 0. The van der Waals surface area contributed by atoms with Gasteiger partial charge in [-0.2, -0.15) is 0 Å². The van der Waals surface area contributed by atoms with Crippen LogP contribution in [0.2, 0.25) is 0 Å². The van der Waals surface area contributed by atoms with Crippen molar-refractivity contribution >= 4 is 47.9 Å². The largest absolute Gasteiger partial charge is 0.508 e. The van der Waals surface area contributed by atoms with Gasteiger partial charge in [-0.3, -0.25) is 19.2 Å².